The van der Waals surface area contributed by atoms with Gasteiger partial charge in [0.15, 0.2) is 0 Å². The zero-order chi connectivity index (χ0) is 19.6. The molecule has 0 aromatic rings. The number of rotatable bonds is 18. The highest BCUT2D eigenvalue weighted by molar-refractivity contribution is 5.69. The highest BCUT2D eigenvalue weighted by atomic mass is 16.4. The van der Waals surface area contributed by atoms with Crippen molar-refractivity contribution >= 4 is 5.97 Å². The van der Waals surface area contributed by atoms with Crippen LogP contribution in [-0.2, 0) is 4.79 Å². The molecule has 4 N–H and O–H groups in total. The Labute approximate surface area is 159 Å². The van der Waals surface area contributed by atoms with E-state index < -0.39 is 18.0 Å². The van der Waals surface area contributed by atoms with E-state index in [1.165, 1.54) is 19.3 Å². The highest BCUT2D eigenvalue weighted by Gasteiger charge is 2.20. The summed E-state index contributed by atoms with van der Waals surface area (Å²) in [6.45, 7) is 1.80. The van der Waals surface area contributed by atoms with Crippen molar-refractivity contribution in [2.24, 2.45) is 5.92 Å². The SMILES string of the molecule is CCCCCC[C@@H](O)CC=CCCCCCCC(CC(O)CO)C(=O)O. The van der Waals surface area contributed by atoms with E-state index in [0.717, 1.165) is 51.4 Å². The molecule has 5 heteroatoms. The van der Waals surface area contributed by atoms with Crippen LogP contribution in [0, 0.1) is 5.92 Å². The first kappa shape index (κ1) is 25.1. The Bertz CT molecular complexity index is 356. The zero-order valence-electron chi connectivity index (χ0n) is 16.5. The number of allylic oxidation sites excluding steroid dienone is 1. The minimum atomic E-state index is -0.941. The van der Waals surface area contributed by atoms with Gasteiger partial charge in [-0.1, -0.05) is 64.0 Å². The minimum absolute atomic E-state index is 0.120. The lowest BCUT2D eigenvalue weighted by atomic mass is 9.95. The summed E-state index contributed by atoms with van der Waals surface area (Å²) in [5, 5.41) is 37.2. The third kappa shape index (κ3) is 15.4. The van der Waals surface area contributed by atoms with Crippen molar-refractivity contribution in [3.8, 4) is 0 Å². The molecule has 26 heavy (non-hydrogen) atoms. The number of aliphatic hydroxyl groups excluding tert-OH is 3. The topological polar surface area (TPSA) is 98.0 Å². The van der Waals surface area contributed by atoms with E-state index in [1.807, 2.05) is 0 Å². The van der Waals surface area contributed by atoms with E-state index in [9.17, 15) is 15.0 Å². The first-order valence-electron chi connectivity index (χ1n) is 10.4. The van der Waals surface area contributed by atoms with E-state index >= 15 is 0 Å². The fourth-order valence-corrected chi connectivity index (χ4v) is 3.05. The number of hydrogen-bond donors (Lipinski definition) is 4. The summed E-state index contributed by atoms with van der Waals surface area (Å²) in [4.78, 5) is 11.1. The van der Waals surface area contributed by atoms with Gasteiger partial charge in [0.2, 0.25) is 0 Å². The number of hydrogen-bond acceptors (Lipinski definition) is 4. The van der Waals surface area contributed by atoms with Gasteiger partial charge in [0.25, 0.3) is 0 Å². The van der Waals surface area contributed by atoms with Crippen molar-refractivity contribution in [2.75, 3.05) is 6.61 Å². The molecule has 0 amide bonds. The molecule has 0 bridgehead atoms. The van der Waals surface area contributed by atoms with E-state index in [2.05, 4.69) is 19.1 Å². The predicted molar refractivity (Wildman–Crippen MR) is 105 cm³/mol. The summed E-state index contributed by atoms with van der Waals surface area (Å²) in [6.07, 6.45) is 15.0. The number of carboxylic acids is 1. The number of aliphatic carboxylic acids is 1. The van der Waals surface area contributed by atoms with Gasteiger partial charge in [-0.3, -0.25) is 4.79 Å². The Kier molecular flexibility index (Phi) is 16.9. The fourth-order valence-electron chi connectivity index (χ4n) is 3.05. The van der Waals surface area contributed by atoms with E-state index in [0.29, 0.717) is 6.42 Å². The number of aliphatic hydroxyl groups is 3. The summed E-state index contributed by atoms with van der Waals surface area (Å²) in [7, 11) is 0. The molecule has 0 rings (SSSR count). The second-order valence-corrected chi connectivity index (χ2v) is 7.31. The van der Waals surface area contributed by atoms with Gasteiger partial charge in [0.05, 0.1) is 24.7 Å². The molecule has 0 aliphatic carbocycles. The molecular formula is C21H40O5. The molecule has 0 saturated carbocycles. The maximum Gasteiger partial charge on any atom is 0.306 e. The Hall–Kier alpha value is -0.910. The summed E-state index contributed by atoms with van der Waals surface area (Å²) < 4.78 is 0. The third-order valence-corrected chi connectivity index (χ3v) is 4.76. The Balaban J connectivity index is 3.60. The first-order valence-corrected chi connectivity index (χ1v) is 10.4. The molecule has 0 radical (unpaired) electrons. The summed E-state index contributed by atoms with van der Waals surface area (Å²) in [6, 6.07) is 0. The smallest absolute Gasteiger partial charge is 0.306 e. The zero-order valence-corrected chi connectivity index (χ0v) is 16.5. The largest absolute Gasteiger partial charge is 0.481 e. The molecule has 0 aromatic heterocycles. The third-order valence-electron chi connectivity index (χ3n) is 4.76. The van der Waals surface area contributed by atoms with Gasteiger partial charge in [0.1, 0.15) is 0 Å². The van der Waals surface area contributed by atoms with Gasteiger partial charge in [0, 0.05) is 0 Å². The lowest BCUT2D eigenvalue weighted by molar-refractivity contribution is -0.143. The summed E-state index contributed by atoms with van der Waals surface area (Å²) in [5.74, 6) is -1.47. The summed E-state index contributed by atoms with van der Waals surface area (Å²) in [5.41, 5.74) is 0. The molecule has 0 spiro atoms. The number of unbranched alkanes of at least 4 members (excludes halogenated alkanes) is 7. The second-order valence-electron chi connectivity index (χ2n) is 7.31. The monoisotopic (exact) mass is 372 g/mol. The normalized spacial score (nSPS) is 15.2. The Morgan fingerprint density at radius 3 is 2.19 bits per heavy atom. The van der Waals surface area contributed by atoms with E-state index in [-0.39, 0.29) is 19.1 Å². The van der Waals surface area contributed by atoms with Crippen LogP contribution in [0.4, 0.5) is 0 Å². The molecule has 0 aromatic carbocycles. The molecule has 3 atom stereocenters. The maximum atomic E-state index is 11.1. The lowest BCUT2D eigenvalue weighted by Crippen LogP contribution is -2.23. The van der Waals surface area contributed by atoms with Gasteiger partial charge >= 0.3 is 5.97 Å². The van der Waals surface area contributed by atoms with Crippen molar-refractivity contribution in [3.63, 3.8) is 0 Å². The molecule has 0 fully saturated rings. The van der Waals surface area contributed by atoms with Crippen LogP contribution >= 0.6 is 0 Å². The van der Waals surface area contributed by atoms with Crippen LogP contribution < -0.4 is 0 Å². The highest BCUT2D eigenvalue weighted by Crippen LogP contribution is 2.17. The van der Waals surface area contributed by atoms with E-state index in [4.69, 9.17) is 10.2 Å². The Morgan fingerprint density at radius 1 is 0.885 bits per heavy atom. The van der Waals surface area contributed by atoms with Crippen LogP contribution in [0.5, 0.6) is 0 Å². The van der Waals surface area contributed by atoms with Crippen LogP contribution in [0.3, 0.4) is 0 Å². The van der Waals surface area contributed by atoms with Crippen molar-refractivity contribution in [1.82, 2.24) is 0 Å². The van der Waals surface area contributed by atoms with Gasteiger partial charge < -0.3 is 20.4 Å². The molecule has 0 aliphatic heterocycles. The van der Waals surface area contributed by atoms with Crippen LogP contribution in [0.15, 0.2) is 12.2 Å². The molecule has 2 unspecified atom stereocenters. The second kappa shape index (κ2) is 17.5. The average Bonchev–Trinajstić information content (AvgIpc) is 2.62. The first-order chi connectivity index (χ1) is 12.5. The Morgan fingerprint density at radius 2 is 1.54 bits per heavy atom. The number of carboxylic acid groups (broad SMARTS) is 1. The maximum absolute atomic E-state index is 11.1. The van der Waals surface area contributed by atoms with Crippen molar-refractivity contribution in [1.29, 1.82) is 0 Å². The predicted octanol–water partition coefficient (Wildman–Crippen LogP) is 4.05. The molecule has 154 valence electrons. The van der Waals surface area contributed by atoms with Crippen LogP contribution in [0.2, 0.25) is 0 Å². The molecule has 5 nitrogen and oxygen atoms in total. The van der Waals surface area contributed by atoms with Gasteiger partial charge in [-0.25, -0.2) is 0 Å². The standard InChI is InChI=1S/C21H40O5/c1-2-3-4-11-14-19(23)15-12-9-7-5-6-8-10-13-18(21(25)26)16-20(24)17-22/h9,12,18-20,22-24H,2-8,10-11,13-17H2,1H3,(H,25,26)/t18?,19-,20?/m1/s1. The lowest BCUT2D eigenvalue weighted by Gasteiger charge is -2.15. The fraction of sp³-hybridized carbons (Fsp3) is 0.857. The van der Waals surface area contributed by atoms with Gasteiger partial charge in [-0.15, -0.1) is 0 Å². The average molecular weight is 373 g/mol. The molecule has 0 aliphatic rings. The van der Waals surface area contributed by atoms with Crippen molar-refractivity contribution in [2.45, 2.75) is 103 Å². The molecule has 0 heterocycles. The molecule has 0 saturated heterocycles. The van der Waals surface area contributed by atoms with Crippen molar-refractivity contribution in [3.05, 3.63) is 12.2 Å². The van der Waals surface area contributed by atoms with Gasteiger partial charge in [-0.2, -0.15) is 0 Å². The van der Waals surface area contributed by atoms with Crippen LogP contribution in [0.1, 0.15) is 90.4 Å². The number of carbonyl (C=O) groups is 1. The summed E-state index contributed by atoms with van der Waals surface area (Å²) >= 11 is 0. The quantitative estimate of drug-likeness (QED) is 0.215. The van der Waals surface area contributed by atoms with Gasteiger partial charge in [-0.05, 0) is 38.5 Å². The molecular weight excluding hydrogens is 332 g/mol. The van der Waals surface area contributed by atoms with E-state index in [1.54, 1.807) is 0 Å². The van der Waals surface area contributed by atoms with Crippen LogP contribution in [-0.4, -0.2) is 45.2 Å². The van der Waals surface area contributed by atoms with Crippen molar-refractivity contribution < 1.29 is 25.2 Å². The minimum Gasteiger partial charge on any atom is -0.481 e. The van der Waals surface area contributed by atoms with Crippen LogP contribution in [0.25, 0.3) is 0 Å².